The van der Waals surface area contributed by atoms with Crippen molar-refractivity contribution in [3.05, 3.63) is 85.1 Å². The molecule has 0 bridgehead atoms. The Bertz CT molecular complexity index is 1640. The first-order chi connectivity index (χ1) is 40.6. The summed E-state index contributed by atoms with van der Waals surface area (Å²) in [5.41, 5.74) is 0. The smallest absolute Gasteiger partial charge is 0.306 e. The Morgan fingerprint density at radius 3 is 1.02 bits per heavy atom. The summed E-state index contributed by atoms with van der Waals surface area (Å²) in [4.78, 5) is 37.5. The lowest BCUT2D eigenvalue weighted by molar-refractivity contribution is -0.870. The van der Waals surface area contributed by atoms with E-state index in [1.54, 1.807) is 0 Å². The van der Waals surface area contributed by atoms with Gasteiger partial charge in [-0.05, 0) is 89.9 Å². The minimum Gasteiger partial charge on any atom is -0.545 e. The zero-order valence-electron chi connectivity index (χ0n) is 54.8. The predicted molar refractivity (Wildman–Crippen MR) is 352 cm³/mol. The molecule has 0 saturated heterocycles. The molecule has 0 fully saturated rings. The van der Waals surface area contributed by atoms with Crippen molar-refractivity contribution >= 4 is 17.9 Å². The van der Waals surface area contributed by atoms with Crippen molar-refractivity contribution in [3.8, 4) is 0 Å². The number of quaternary nitrogens is 1. The highest BCUT2D eigenvalue weighted by Crippen LogP contribution is 2.18. The second-order valence-corrected chi connectivity index (χ2v) is 24.4. The van der Waals surface area contributed by atoms with Crippen LogP contribution in [0.25, 0.3) is 0 Å². The first-order valence-corrected chi connectivity index (χ1v) is 34.7. The minimum atomic E-state index is -1.62. The first kappa shape index (κ1) is 79.5. The van der Waals surface area contributed by atoms with Crippen LogP contribution in [-0.4, -0.2) is 82.3 Å². The fourth-order valence-electron chi connectivity index (χ4n) is 9.83. The van der Waals surface area contributed by atoms with Crippen LogP contribution in [0.4, 0.5) is 0 Å². The summed E-state index contributed by atoms with van der Waals surface area (Å²) in [6.07, 6.45) is 83.7. The van der Waals surface area contributed by atoms with Crippen molar-refractivity contribution in [1.82, 2.24) is 0 Å². The summed E-state index contributed by atoms with van der Waals surface area (Å²) in [6, 6.07) is 0. The molecule has 9 nitrogen and oxygen atoms in total. The molecule has 2 atom stereocenters. The molecule has 0 rings (SSSR count). The number of ether oxygens (including phenoxy) is 4. The fraction of sp³-hybridized carbons (Fsp3) is 0.770. The van der Waals surface area contributed by atoms with Gasteiger partial charge < -0.3 is 33.3 Å². The van der Waals surface area contributed by atoms with E-state index in [0.29, 0.717) is 23.9 Å². The van der Waals surface area contributed by atoms with Crippen molar-refractivity contribution < 1.29 is 42.9 Å². The van der Waals surface area contributed by atoms with E-state index in [9.17, 15) is 19.5 Å². The van der Waals surface area contributed by atoms with Gasteiger partial charge >= 0.3 is 11.9 Å². The second-order valence-electron chi connectivity index (χ2n) is 24.4. The maximum atomic E-state index is 12.9. The molecule has 0 amide bonds. The minimum absolute atomic E-state index is 0.146. The van der Waals surface area contributed by atoms with Gasteiger partial charge in [0.1, 0.15) is 13.2 Å². The number of carbonyl (C=O) groups is 3. The van der Waals surface area contributed by atoms with Crippen LogP contribution in [0.5, 0.6) is 0 Å². The van der Waals surface area contributed by atoms with Gasteiger partial charge in [0, 0.05) is 12.8 Å². The number of nitrogens with zero attached hydrogens (tertiary/aromatic N) is 1. The van der Waals surface area contributed by atoms with Crippen LogP contribution < -0.4 is 5.11 Å². The van der Waals surface area contributed by atoms with Gasteiger partial charge in [-0.15, -0.1) is 0 Å². The Morgan fingerprint density at radius 2 is 0.687 bits per heavy atom. The third-order valence-electron chi connectivity index (χ3n) is 15.1. The Balaban J connectivity index is 4.11. The third-order valence-corrected chi connectivity index (χ3v) is 15.1. The van der Waals surface area contributed by atoms with Crippen molar-refractivity contribution in [2.24, 2.45) is 0 Å². The van der Waals surface area contributed by atoms with E-state index in [4.69, 9.17) is 18.9 Å². The molecule has 9 heteroatoms. The summed E-state index contributed by atoms with van der Waals surface area (Å²) in [7, 11) is 5.93. The zero-order chi connectivity index (χ0) is 60.5. The van der Waals surface area contributed by atoms with E-state index < -0.39 is 24.3 Å². The predicted octanol–water partition coefficient (Wildman–Crippen LogP) is 20.1. The largest absolute Gasteiger partial charge is 0.545 e. The molecule has 0 radical (unpaired) electrons. The van der Waals surface area contributed by atoms with Gasteiger partial charge in [0.25, 0.3) is 0 Å². The molecule has 0 aromatic heterocycles. The van der Waals surface area contributed by atoms with Gasteiger partial charge in [0.05, 0.1) is 40.3 Å². The van der Waals surface area contributed by atoms with Crippen molar-refractivity contribution in [2.75, 3.05) is 47.5 Å². The number of aliphatic carboxylic acids is 1. The zero-order valence-corrected chi connectivity index (χ0v) is 54.8. The number of rotatable bonds is 64. The molecule has 2 unspecified atom stereocenters. The molecule has 0 spiro atoms. The lowest BCUT2D eigenvalue weighted by Crippen LogP contribution is -2.44. The normalized spacial score (nSPS) is 13.2. The second kappa shape index (κ2) is 64.5. The Labute approximate surface area is 512 Å². The monoisotopic (exact) mass is 1160 g/mol. The van der Waals surface area contributed by atoms with Crippen LogP contribution in [0, 0.1) is 0 Å². The van der Waals surface area contributed by atoms with E-state index >= 15 is 0 Å². The summed E-state index contributed by atoms with van der Waals surface area (Å²) >= 11 is 0. The highest BCUT2D eigenvalue weighted by atomic mass is 16.7. The number of allylic oxidation sites excluding steroid dienone is 14. The number of carboxylic acids is 1. The lowest BCUT2D eigenvalue weighted by atomic mass is 10.0. The maximum absolute atomic E-state index is 12.9. The number of carbonyl (C=O) groups excluding carboxylic acids is 3. The Kier molecular flexibility index (Phi) is 61.7. The van der Waals surface area contributed by atoms with Crippen LogP contribution in [0.1, 0.15) is 309 Å². The SMILES string of the molecule is CC/C=C\C/C=C\C/C=C\C/C=C\CCCCCCCCCCCCCCCCCCC(=O)OC(COC(=O)CCCCCCCCCCCCCCCC/C=C\C/C=C\C/C=C\CCCCCCC)COC(OCC[N+](C)(C)C)C(=O)[O-]. The van der Waals surface area contributed by atoms with Crippen molar-refractivity contribution in [2.45, 2.75) is 322 Å². The van der Waals surface area contributed by atoms with Gasteiger partial charge in [-0.1, -0.05) is 292 Å². The molecule has 480 valence electrons. The molecule has 0 aromatic rings. The van der Waals surface area contributed by atoms with E-state index in [0.717, 1.165) is 70.6 Å². The molecule has 0 saturated carbocycles. The van der Waals surface area contributed by atoms with Gasteiger partial charge in [0.2, 0.25) is 0 Å². The van der Waals surface area contributed by atoms with Gasteiger partial charge in [-0.3, -0.25) is 9.59 Å². The van der Waals surface area contributed by atoms with Gasteiger partial charge in [-0.2, -0.15) is 0 Å². The standard InChI is InChI=1S/C74H131NO8/c1-6-8-10-12-14-16-18-20-22-24-26-28-30-32-34-36-38-40-42-44-46-48-50-52-54-56-58-60-62-64-71(76)81-68-70(69-82-74(73(78)79)80-67-66-75(3,4)5)83-72(77)65-63-61-59-57-55-53-51-49-47-45-43-41-39-37-35-33-31-29-27-25-23-21-19-17-15-13-11-9-7-2/h9,11,15,17-18,20-21,23-24,26-27,29-30,32,70,74H,6-8,10,12-14,16,19,22,25,28,31,33-69H2,1-5H3/b11-9-,17-15-,20-18-,23-21-,26-24-,29-27-,32-30-. The number of hydrogen-bond acceptors (Lipinski definition) is 8. The third kappa shape index (κ3) is 65.9. The molecule has 0 aromatic carbocycles. The number of likely N-dealkylation sites (N-methyl/N-ethyl adjacent to an activating group) is 1. The fourth-order valence-corrected chi connectivity index (χ4v) is 9.83. The quantitative estimate of drug-likeness (QED) is 0.0195. The number of esters is 2. The maximum Gasteiger partial charge on any atom is 0.306 e. The average Bonchev–Trinajstić information content (AvgIpc) is 3.46. The molecule has 0 aliphatic carbocycles. The Hall–Kier alpha value is -3.53. The van der Waals surface area contributed by atoms with Crippen molar-refractivity contribution in [1.29, 1.82) is 0 Å². The summed E-state index contributed by atoms with van der Waals surface area (Å²) in [5.74, 6) is -2.27. The first-order valence-electron chi connectivity index (χ1n) is 34.7. The average molecular weight is 1160 g/mol. The van der Waals surface area contributed by atoms with Crippen molar-refractivity contribution in [3.63, 3.8) is 0 Å². The summed E-state index contributed by atoms with van der Waals surface area (Å²) in [6.45, 7) is 4.66. The molecular weight excluding hydrogens is 1030 g/mol. The van der Waals surface area contributed by atoms with Crippen LogP contribution in [0.15, 0.2) is 85.1 Å². The lowest BCUT2D eigenvalue weighted by Gasteiger charge is -2.26. The highest BCUT2D eigenvalue weighted by molar-refractivity contribution is 5.70. The van der Waals surface area contributed by atoms with Crippen LogP contribution in [0.2, 0.25) is 0 Å². The van der Waals surface area contributed by atoms with E-state index in [1.807, 2.05) is 21.1 Å². The molecule has 0 heterocycles. The number of unbranched alkanes of at least 4 members (excludes halogenated alkanes) is 35. The molecular formula is C74H131NO8. The van der Waals surface area contributed by atoms with E-state index in [-0.39, 0.29) is 32.2 Å². The van der Waals surface area contributed by atoms with Gasteiger partial charge in [-0.25, -0.2) is 0 Å². The molecule has 83 heavy (non-hydrogen) atoms. The van der Waals surface area contributed by atoms with Crippen LogP contribution in [-0.2, 0) is 33.3 Å². The topological polar surface area (TPSA) is 111 Å². The molecule has 0 aliphatic heterocycles. The number of hydrogen-bond donors (Lipinski definition) is 0. The van der Waals surface area contributed by atoms with E-state index in [1.165, 1.54) is 205 Å². The number of carboxylic acid groups (broad SMARTS) is 1. The summed E-state index contributed by atoms with van der Waals surface area (Å²) in [5, 5.41) is 11.8. The highest BCUT2D eigenvalue weighted by Gasteiger charge is 2.22. The summed E-state index contributed by atoms with van der Waals surface area (Å²) < 4.78 is 22.8. The van der Waals surface area contributed by atoms with Gasteiger partial charge in [0.15, 0.2) is 12.4 Å². The van der Waals surface area contributed by atoms with Crippen LogP contribution >= 0.6 is 0 Å². The molecule has 0 N–H and O–H groups in total. The Morgan fingerprint density at radius 1 is 0.373 bits per heavy atom. The van der Waals surface area contributed by atoms with Crippen LogP contribution in [0.3, 0.4) is 0 Å². The van der Waals surface area contributed by atoms with E-state index in [2.05, 4.69) is 98.9 Å². The molecule has 0 aliphatic rings.